The van der Waals surface area contributed by atoms with Crippen molar-refractivity contribution in [3.63, 3.8) is 0 Å². The minimum absolute atomic E-state index is 0.0184. The molecule has 1 atom stereocenters. The average molecular weight is 287 g/mol. The molecule has 1 aromatic carbocycles. The summed E-state index contributed by atoms with van der Waals surface area (Å²) in [6.07, 6.45) is 1.42. The van der Waals surface area contributed by atoms with Crippen molar-refractivity contribution in [2.45, 2.75) is 6.04 Å². The lowest BCUT2D eigenvalue weighted by Gasteiger charge is -2.07. The lowest BCUT2D eigenvalue weighted by Crippen LogP contribution is -2.23. The highest BCUT2D eigenvalue weighted by Gasteiger charge is 2.29. The number of esters is 1. The molecule has 1 aromatic heterocycles. The number of rotatable bonds is 3. The number of hydrogen-bond donors (Lipinski definition) is 2. The summed E-state index contributed by atoms with van der Waals surface area (Å²) in [5, 5.41) is 9.78. The zero-order valence-corrected chi connectivity index (χ0v) is 11.5. The van der Waals surface area contributed by atoms with Gasteiger partial charge in [0.25, 0.3) is 5.82 Å². The summed E-state index contributed by atoms with van der Waals surface area (Å²) in [6, 6.07) is 5.07. The van der Waals surface area contributed by atoms with E-state index >= 15 is 0 Å². The van der Waals surface area contributed by atoms with E-state index in [9.17, 15) is 9.59 Å². The number of amides is 1. The highest BCUT2D eigenvalue weighted by molar-refractivity contribution is 6.02. The molecule has 0 saturated carbocycles. The van der Waals surface area contributed by atoms with Crippen molar-refractivity contribution in [1.82, 2.24) is 20.1 Å². The molecule has 1 unspecified atom stereocenters. The number of methoxy groups -OCH3 is 1. The van der Waals surface area contributed by atoms with E-state index < -0.39 is 5.97 Å². The van der Waals surface area contributed by atoms with Crippen molar-refractivity contribution >= 4 is 17.6 Å². The average Bonchev–Trinajstić information content (AvgIpc) is 3.09. The first kappa shape index (κ1) is 13.3. The van der Waals surface area contributed by atoms with E-state index in [1.807, 2.05) is 6.07 Å². The zero-order chi connectivity index (χ0) is 15.0. The summed E-state index contributed by atoms with van der Waals surface area (Å²) in [4.78, 5) is 27.0. The van der Waals surface area contributed by atoms with Gasteiger partial charge in [-0.2, -0.15) is 0 Å². The Balaban J connectivity index is 1.95. The third-order valence-corrected chi connectivity index (χ3v) is 3.28. The van der Waals surface area contributed by atoms with E-state index in [2.05, 4.69) is 25.5 Å². The number of ether oxygens (including phenoxy) is 1. The maximum absolute atomic E-state index is 11.8. The molecule has 2 N–H and O–H groups in total. The Hall–Kier alpha value is -2.74. The maximum Gasteiger partial charge on any atom is 0.377 e. The van der Waals surface area contributed by atoms with Gasteiger partial charge in [0, 0.05) is 11.3 Å². The summed E-state index contributed by atoms with van der Waals surface area (Å²) in [6.45, 7) is 0. The van der Waals surface area contributed by atoms with Crippen LogP contribution in [0.3, 0.4) is 0 Å². The summed E-state index contributed by atoms with van der Waals surface area (Å²) in [5.74, 6) is -0.716. The van der Waals surface area contributed by atoms with Crippen LogP contribution >= 0.6 is 0 Å². The molecule has 8 heteroatoms. The fourth-order valence-corrected chi connectivity index (χ4v) is 2.25. The lowest BCUT2D eigenvalue weighted by molar-refractivity contribution is -0.117. The number of likely N-dealkylation sites (N-methyl/N-ethyl adjacent to an activating group) is 1. The van der Waals surface area contributed by atoms with E-state index in [4.69, 9.17) is 0 Å². The van der Waals surface area contributed by atoms with Gasteiger partial charge in [-0.05, 0) is 19.2 Å². The number of fused-ring (bicyclic) bond motifs is 1. The largest absolute Gasteiger partial charge is 0.463 e. The van der Waals surface area contributed by atoms with Gasteiger partial charge in [-0.25, -0.2) is 14.5 Å². The van der Waals surface area contributed by atoms with Gasteiger partial charge >= 0.3 is 5.97 Å². The van der Waals surface area contributed by atoms with Crippen LogP contribution in [0.5, 0.6) is 0 Å². The first-order valence-corrected chi connectivity index (χ1v) is 6.26. The molecule has 0 spiro atoms. The summed E-state index contributed by atoms with van der Waals surface area (Å²) >= 11 is 0. The van der Waals surface area contributed by atoms with E-state index in [1.54, 1.807) is 19.2 Å². The van der Waals surface area contributed by atoms with Crippen LogP contribution in [0.15, 0.2) is 24.5 Å². The predicted molar refractivity (Wildman–Crippen MR) is 73.1 cm³/mol. The number of carbonyl (C=O) groups is 2. The molecule has 1 aliphatic heterocycles. The first-order chi connectivity index (χ1) is 10.1. The van der Waals surface area contributed by atoms with Crippen LogP contribution < -0.4 is 10.6 Å². The molecule has 0 radical (unpaired) electrons. The Kier molecular flexibility index (Phi) is 3.15. The molecule has 2 heterocycles. The van der Waals surface area contributed by atoms with Crippen LogP contribution in [0, 0.1) is 0 Å². The molecular weight excluding hydrogens is 274 g/mol. The molecule has 2 aromatic rings. The first-order valence-electron chi connectivity index (χ1n) is 6.26. The number of anilines is 1. The van der Waals surface area contributed by atoms with Gasteiger partial charge in [0.1, 0.15) is 12.4 Å². The van der Waals surface area contributed by atoms with Crippen LogP contribution in [0.1, 0.15) is 22.2 Å². The van der Waals surface area contributed by atoms with Crippen molar-refractivity contribution in [3.8, 4) is 5.69 Å². The Morgan fingerprint density at radius 2 is 2.29 bits per heavy atom. The van der Waals surface area contributed by atoms with Crippen LogP contribution in [-0.4, -0.2) is 40.8 Å². The fraction of sp³-hybridized carbons (Fsp3) is 0.231. The molecule has 0 saturated heterocycles. The van der Waals surface area contributed by atoms with Crippen LogP contribution in [0.4, 0.5) is 5.69 Å². The molecule has 3 rings (SSSR count). The van der Waals surface area contributed by atoms with Gasteiger partial charge in [-0.15, -0.1) is 5.10 Å². The summed E-state index contributed by atoms with van der Waals surface area (Å²) in [5.41, 5.74) is 2.28. The quantitative estimate of drug-likeness (QED) is 0.786. The number of nitrogens with one attached hydrogen (secondary N) is 2. The normalized spacial score (nSPS) is 16.5. The Bertz CT molecular complexity index is 724. The van der Waals surface area contributed by atoms with Crippen LogP contribution in [-0.2, 0) is 9.53 Å². The topological polar surface area (TPSA) is 98.1 Å². The molecule has 1 aliphatic rings. The number of hydrogen-bond acceptors (Lipinski definition) is 6. The number of benzene rings is 1. The highest BCUT2D eigenvalue weighted by Crippen LogP contribution is 2.31. The van der Waals surface area contributed by atoms with E-state index in [0.29, 0.717) is 11.4 Å². The van der Waals surface area contributed by atoms with E-state index in [1.165, 1.54) is 18.1 Å². The molecule has 1 amide bonds. The molecule has 21 heavy (non-hydrogen) atoms. The van der Waals surface area contributed by atoms with Gasteiger partial charge < -0.3 is 15.4 Å². The molecule has 108 valence electrons. The third-order valence-electron chi connectivity index (χ3n) is 3.28. The fourth-order valence-electron chi connectivity index (χ4n) is 2.25. The van der Waals surface area contributed by atoms with E-state index in [0.717, 1.165) is 5.56 Å². The Labute approximate surface area is 120 Å². The van der Waals surface area contributed by atoms with Crippen LogP contribution in [0.25, 0.3) is 5.69 Å². The minimum Gasteiger partial charge on any atom is -0.463 e. The minimum atomic E-state index is -0.599. The maximum atomic E-state index is 11.8. The molecule has 8 nitrogen and oxygen atoms in total. The van der Waals surface area contributed by atoms with Gasteiger partial charge in [-0.1, -0.05) is 6.07 Å². The van der Waals surface area contributed by atoms with Crippen molar-refractivity contribution in [1.29, 1.82) is 0 Å². The Morgan fingerprint density at radius 3 is 3.00 bits per heavy atom. The number of aromatic nitrogens is 3. The SMILES string of the molecule is CNC1C(=O)Nc2cc(-n3cnc(C(=O)OC)n3)ccc21. The lowest BCUT2D eigenvalue weighted by atomic mass is 10.1. The predicted octanol–water partition coefficient (Wildman–Crippen LogP) is 0.266. The van der Waals surface area contributed by atoms with Crippen molar-refractivity contribution in [2.24, 2.45) is 0 Å². The second kappa shape index (κ2) is 4.98. The smallest absolute Gasteiger partial charge is 0.377 e. The van der Waals surface area contributed by atoms with Crippen molar-refractivity contribution in [2.75, 3.05) is 19.5 Å². The molecular formula is C13H13N5O3. The number of nitrogens with zero attached hydrogens (tertiary/aromatic N) is 3. The molecule has 0 bridgehead atoms. The highest BCUT2D eigenvalue weighted by atomic mass is 16.5. The monoisotopic (exact) mass is 287 g/mol. The summed E-state index contributed by atoms with van der Waals surface area (Å²) in [7, 11) is 3.00. The standard InChI is InChI=1S/C13H13N5O3/c1-14-10-8-4-3-7(5-9(8)16-12(10)19)18-6-15-11(17-18)13(20)21-2/h3-6,10,14H,1-2H3,(H,16,19). The Morgan fingerprint density at radius 1 is 1.48 bits per heavy atom. The third kappa shape index (κ3) is 2.15. The second-order valence-electron chi connectivity index (χ2n) is 4.49. The zero-order valence-electron chi connectivity index (χ0n) is 11.5. The van der Waals surface area contributed by atoms with Crippen LogP contribution in [0.2, 0.25) is 0 Å². The van der Waals surface area contributed by atoms with Crippen molar-refractivity contribution in [3.05, 3.63) is 35.9 Å². The van der Waals surface area contributed by atoms with Crippen molar-refractivity contribution < 1.29 is 14.3 Å². The van der Waals surface area contributed by atoms with Gasteiger partial charge in [-0.3, -0.25) is 4.79 Å². The van der Waals surface area contributed by atoms with Gasteiger partial charge in [0.2, 0.25) is 5.91 Å². The van der Waals surface area contributed by atoms with Gasteiger partial charge in [0.05, 0.1) is 12.8 Å². The van der Waals surface area contributed by atoms with E-state index in [-0.39, 0.29) is 17.8 Å². The number of carbonyl (C=O) groups excluding carboxylic acids is 2. The summed E-state index contributed by atoms with van der Waals surface area (Å²) < 4.78 is 6.01. The second-order valence-corrected chi connectivity index (χ2v) is 4.49. The molecule has 0 aliphatic carbocycles. The molecule has 0 fully saturated rings. The van der Waals surface area contributed by atoms with Gasteiger partial charge in [0.15, 0.2) is 0 Å².